The van der Waals surface area contributed by atoms with Crippen LogP contribution in [-0.2, 0) is 0 Å². The molecule has 0 aliphatic carbocycles. The van der Waals surface area contributed by atoms with Gasteiger partial charge in [0, 0.05) is 11.6 Å². The van der Waals surface area contributed by atoms with Crippen molar-refractivity contribution in [3.8, 4) is 0 Å². The van der Waals surface area contributed by atoms with Gasteiger partial charge >= 0.3 is 5.88 Å². The number of aromatic nitrogens is 1. The van der Waals surface area contributed by atoms with E-state index < -0.39 is 17.0 Å². The summed E-state index contributed by atoms with van der Waals surface area (Å²) in [7, 11) is 0. The number of hydrogen-bond donors (Lipinski definition) is 2. The summed E-state index contributed by atoms with van der Waals surface area (Å²) in [5.74, 6) is -0.336. The van der Waals surface area contributed by atoms with Gasteiger partial charge in [0.1, 0.15) is 4.92 Å². The Bertz CT molecular complexity index is 481. The van der Waals surface area contributed by atoms with E-state index in [0.29, 0.717) is 5.13 Å². The van der Waals surface area contributed by atoms with Crippen LogP contribution in [0.5, 0.6) is 0 Å². The maximum absolute atomic E-state index is 10.4. The van der Waals surface area contributed by atoms with Crippen molar-refractivity contribution in [3.63, 3.8) is 0 Å². The van der Waals surface area contributed by atoms with Gasteiger partial charge in [-0.3, -0.25) is 10.1 Å². The molecule has 0 radical (unpaired) electrons. The van der Waals surface area contributed by atoms with Crippen molar-refractivity contribution in [1.82, 2.24) is 4.98 Å². The summed E-state index contributed by atoms with van der Waals surface area (Å²) in [6.45, 7) is 0. The van der Waals surface area contributed by atoms with Gasteiger partial charge in [-0.2, -0.15) is 0 Å². The first-order chi connectivity index (χ1) is 7.66. The summed E-state index contributed by atoms with van der Waals surface area (Å²) in [4.78, 5) is 13.6. The van der Waals surface area contributed by atoms with E-state index in [1.807, 2.05) is 0 Å². The Morgan fingerprint density at radius 2 is 2.44 bits per heavy atom. The lowest BCUT2D eigenvalue weighted by atomic mass is 10.4. The predicted octanol–water partition coefficient (Wildman–Crippen LogP) is 1.75. The molecule has 1 atom stereocenters. The third-order valence-corrected chi connectivity index (χ3v) is 2.46. The molecule has 2 heterocycles. The van der Waals surface area contributed by atoms with Gasteiger partial charge in [-0.25, -0.2) is 4.98 Å². The fraction of sp³-hybridized carbons (Fsp3) is 0.125. The molecule has 2 rings (SSSR count). The average Bonchev–Trinajstić information content (AvgIpc) is 2.86. The number of furan rings is 1. The molecule has 2 aromatic heterocycles. The van der Waals surface area contributed by atoms with Crippen LogP contribution in [0.15, 0.2) is 28.1 Å². The van der Waals surface area contributed by atoms with Crippen LogP contribution in [0.4, 0.5) is 11.0 Å². The highest BCUT2D eigenvalue weighted by molar-refractivity contribution is 7.13. The van der Waals surface area contributed by atoms with E-state index in [1.54, 1.807) is 11.6 Å². The molecular weight excluding hydrogens is 234 g/mol. The maximum atomic E-state index is 10.4. The van der Waals surface area contributed by atoms with Crippen molar-refractivity contribution in [3.05, 3.63) is 39.6 Å². The van der Waals surface area contributed by atoms with Crippen molar-refractivity contribution in [2.24, 2.45) is 0 Å². The highest BCUT2D eigenvalue weighted by Gasteiger charge is 2.18. The Hall–Kier alpha value is -1.93. The van der Waals surface area contributed by atoms with Crippen LogP contribution >= 0.6 is 11.3 Å². The zero-order valence-corrected chi connectivity index (χ0v) is 8.68. The van der Waals surface area contributed by atoms with E-state index in [1.165, 1.54) is 23.5 Å². The second kappa shape index (κ2) is 4.29. The van der Waals surface area contributed by atoms with Crippen molar-refractivity contribution in [1.29, 1.82) is 0 Å². The Morgan fingerprint density at radius 1 is 1.62 bits per heavy atom. The SMILES string of the molecule is O=[N+]([O-])c1ccc([C@H](O)Nc2nccs2)o1. The Balaban J connectivity index is 2.08. The zero-order chi connectivity index (χ0) is 11.5. The van der Waals surface area contributed by atoms with Crippen molar-refractivity contribution in [2.45, 2.75) is 6.23 Å². The molecule has 0 saturated heterocycles. The number of rotatable bonds is 4. The van der Waals surface area contributed by atoms with E-state index >= 15 is 0 Å². The molecule has 8 heteroatoms. The monoisotopic (exact) mass is 241 g/mol. The molecule has 0 aliphatic rings. The number of nitrogens with one attached hydrogen (secondary N) is 1. The maximum Gasteiger partial charge on any atom is 0.433 e. The highest BCUT2D eigenvalue weighted by atomic mass is 32.1. The first kappa shape index (κ1) is 10.6. The Labute approximate surface area is 93.5 Å². The van der Waals surface area contributed by atoms with Crippen molar-refractivity contribution < 1.29 is 14.4 Å². The number of aliphatic hydroxyl groups excluding tert-OH is 1. The lowest BCUT2D eigenvalue weighted by molar-refractivity contribution is -0.402. The second-order valence-corrected chi connectivity index (χ2v) is 3.71. The van der Waals surface area contributed by atoms with E-state index in [-0.39, 0.29) is 5.76 Å². The first-order valence-corrected chi connectivity index (χ1v) is 5.13. The van der Waals surface area contributed by atoms with Gasteiger partial charge in [-0.15, -0.1) is 11.3 Å². The molecule has 0 amide bonds. The van der Waals surface area contributed by atoms with E-state index in [9.17, 15) is 15.2 Å². The number of nitrogens with zero attached hydrogens (tertiary/aromatic N) is 2. The molecule has 0 spiro atoms. The molecule has 0 bridgehead atoms. The molecule has 0 aliphatic heterocycles. The van der Waals surface area contributed by atoms with Gasteiger partial charge in [0.15, 0.2) is 17.1 Å². The van der Waals surface area contributed by atoms with Crippen LogP contribution in [0.3, 0.4) is 0 Å². The number of hydrogen-bond acceptors (Lipinski definition) is 7. The average molecular weight is 241 g/mol. The van der Waals surface area contributed by atoms with Gasteiger partial charge in [-0.05, 0) is 6.07 Å². The number of nitro groups is 1. The Morgan fingerprint density at radius 3 is 3.00 bits per heavy atom. The summed E-state index contributed by atoms with van der Waals surface area (Å²) >= 11 is 1.30. The van der Waals surface area contributed by atoms with Gasteiger partial charge < -0.3 is 14.8 Å². The van der Waals surface area contributed by atoms with Gasteiger partial charge in [-0.1, -0.05) is 0 Å². The molecule has 84 valence electrons. The topological polar surface area (TPSA) is 101 Å². The molecule has 0 fully saturated rings. The van der Waals surface area contributed by atoms with Gasteiger partial charge in [0.2, 0.25) is 0 Å². The predicted molar refractivity (Wildman–Crippen MR) is 56.1 cm³/mol. The lowest BCUT2D eigenvalue weighted by Crippen LogP contribution is -2.08. The van der Waals surface area contributed by atoms with Crippen LogP contribution in [0.1, 0.15) is 12.0 Å². The molecule has 2 N–H and O–H groups in total. The van der Waals surface area contributed by atoms with Crippen LogP contribution < -0.4 is 5.32 Å². The number of thiazole rings is 1. The largest absolute Gasteiger partial charge is 0.433 e. The number of anilines is 1. The first-order valence-electron chi connectivity index (χ1n) is 4.25. The van der Waals surface area contributed by atoms with Crippen LogP contribution in [-0.4, -0.2) is 15.0 Å². The molecule has 0 unspecified atom stereocenters. The van der Waals surface area contributed by atoms with E-state index in [2.05, 4.69) is 10.3 Å². The minimum absolute atomic E-state index is 0.0712. The summed E-state index contributed by atoms with van der Waals surface area (Å²) in [5.41, 5.74) is 0. The quantitative estimate of drug-likeness (QED) is 0.480. The van der Waals surface area contributed by atoms with E-state index in [4.69, 9.17) is 4.42 Å². The van der Waals surface area contributed by atoms with E-state index in [0.717, 1.165) is 0 Å². The molecule has 0 aromatic carbocycles. The van der Waals surface area contributed by atoms with Crippen LogP contribution in [0.2, 0.25) is 0 Å². The van der Waals surface area contributed by atoms with Gasteiger partial charge in [0.25, 0.3) is 0 Å². The molecule has 2 aromatic rings. The van der Waals surface area contributed by atoms with Gasteiger partial charge in [0.05, 0.1) is 6.07 Å². The van der Waals surface area contributed by atoms with Crippen molar-refractivity contribution >= 4 is 22.4 Å². The summed E-state index contributed by atoms with van der Waals surface area (Å²) in [6.07, 6.45) is 0.421. The highest BCUT2D eigenvalue weighted by Crippen LogP contribution is 2.23. The molecular formula is C8H7N3O4S. The summed E-state index contributed by atoms with van der Waals surface area (Å²) in [6, 6.07) is 2.52. The zero-order valence-electron chi connectivity index (χ0n) is 7.86. The third-order valence-electron chi connectivity index (χ3n) is 1.75. The normalized spacial score (nSPS) is 12.3. The minimum atomic E-state index is -1.15. The van der Waals surface area contributed by atoms with Crippen LogP contribution in [0, 0.1) is 10.1 Å². The fourth-order valence-corrected chi connectivity index (χ4v) is 1.62. The minimum Gasteiger partial charge on any atom is -0.401 e. The number of aliphatic hydroxyl groups is 1. The molecule has 7 nitrogen and oxygen atoms in total. The standard InChI is InChI=1S/C8H7N3O4S/c12-7(10-8-9-3-4-16-8)5-1-2-6(15-5)11(13)14/h1-4,7,12H,(H,9,10)/t7-/m0/s1. The summed E-state index contributed by atoms with van der Waals surface area (Å²) < 4.78 is 4.82. The second-order valence-electron chi connectivity index (χ2n) is 2.82. The molecule has 0 saturated carbocycles. The Kier molecular flexibility index (Phi) is 2.84. The smallest absolute Gasteiger partial charge is 0.401 e. The van der Waals surface area contributed by atoms with Crippen LogP contribution in [0.25, 0.3) is 0 Å². The summed E-state index contributed by atoms with van der Waals surface area (Å²) in [5, 5.41) is 24.9. The lowest BCUT2D eigenvalue weighted by Gasteiger charge is -2.07. The fourth-order valence-electron chi connectivity index (χ4n) is 1.07. The third kappa shape index (κ3) is 2.18. The van der Waals surface area contributed by atoms with Crippen molar-refractivity contribution in [2.75, 3.05) is 5.32 Å². The molecule has 16 heavy (non-hydrogen) atoms.